The number of guanidine groups is 1. The topological polar surface area (TPSA) is 54.5 Å². The van der Waals surface area contributed by atoms with Gasteiger partial charge in [0.05, 0.1) is 6.54 Å². The van der Waals surface area contributed by atoms with Crippen LogP contribution in [0.4, 0.5) is 5.69 Å². The lowest BCUT2D eigenvalue weighted by atomic mass is 10.2. The van der Waals surface area contributed by atoms with Gasteiger partial charge in [0, 0.05) is 17.3 Å². The Hall–Kier alpha value is -1.88. The Kier molecular flexibility index (Phi) is 2.76. The van der Waals surface area contributed by atoms with E-state index in [1.165, 1.54) is 5.56 Å². The summed E-state index contributed by atoms with van der Waals surface area (Å²) in [5.74, 6) is 0.569. The number of aryl methyl sites for hydroxylation is 1. The summed E-state index contributed by atoms with van der Waals surface area (Å²) in [7, 11) is 0. The van der Waals surface area contributed by atoms with Crippen LogP contribution in [0.3, 0.4) is 0 Å². The molecule has 2 heterocycles. The van der Waals surface area contributed by atoms with Crippen molar-refractivity contribution in [3.8, 4) is 0 Å². The van der Waals surface area contributed by atoms with Crippen molar-refractivity contribution in [3.05, 3.63) is 46.4 Å². The molecule has 0 bridgehead atoms. The summed E-state index contributed by atoms with van der Waals surface area (Å²) in [6, 6.07) is 8.44. The van der Waals surface area contributed by atoms with Crippen LogP contribution < -0.4 is 10.6 Å². The van der Waals surface area contributed by atoms with Gasteiger partial charge in [0.25, 0.3) is 0 Å². The van der Waals surface area contributed by atoms with Crippen LogP contribution in [0.25, 0.3) is 0 Å². The SMILES string of the molecule is Cc1ccc(N2C(N)=NCC2c2nccs2)cc1. The van der Waals surface area contributed by atoms with E-state index in [1.807, 2.05) is 11.6 Å². The van der Waals surface area contributed by atoms with Crippen LogP contribution in [-0.4, -0.2) is 17.5 Å². The average Bonchev–Trinajstić information content (AvgIpc) is 2.99. The molecule has 1 aliphatic heterocycles. The van der Waals surface area contributed by atoms with E-state index in [9.17, 15) is 0 Å². The highest BCUT2D eigenvalue weighted by Crippen LogP contribution is 2.31. The fraction of sp³-hybridized carbons (Fsp3) is 0.231. The molecule has 0 amide bonds. The summed E-state index contributed by atoms with van der Waals surface area (Å²) in [6.45, 7) is 2.75. The van der Waals surface area contributed by atoms with E-state index in [1.54, 1.807) is 11.3 Å². The second kappa shape index (κ2) is 4.42. The van der Waals surface area contributed by atoms with Gasteiger partial charge in [-0.2, -0.15) is 0 Å². The molecule has 1 unspecified atom stereocenters. The minimum Gasteiger partial charge on any atom is -0.369 e. The highest BCUT2D eigenvalue weighted by atomic mass is 32.1. The first-order valence-corrected chi connectivity index (χ1v) is 6.69. The molecule has 18 heavy (non-hydrogen) atoms. The Morgan fingerprint density at radius 1 is 1.33 bits per heavy atom. The fourth-order valence-corrected chi connectivity index (χ4v) is 2.82. The fourth-order valence-electron chi connectivity index (χ4n) is 2.10. The molecule has 4 nitrogen and oxygen atoms in total. The Bertz CT molecular complexity index is 559. The number of benzene rings is 1. The lowest BCUT2D eigenvalue weighted by Gasteiger charge is -2.24. The number of hydrogen-bond donors (Lipinski definition) is 1. The molecule has 1 aromatic carbocycles. The number of nitrogens with two attached hydrogens (primary N) is 1. The maximum Gasteiger partial charge on any atom is 0.196 e. The summed E-state index contributed by atoms with van der Waals surface area (Å²) >= 11 is 1.64. The first-order chi connectivity index (χ1) is 8.75. The first kappa shape index (κ1) is 11.2. The van der Waals surface area contributed by atoms with Crippen molar-refractivity contribution in [1.82, 2.24) is 4.98 Å². The lowest BCUT2D eigenvalue weighted by Crippen LogP contribution is -2.36. The van der Waals surface area contributed by atoms with Gasteiger partial charge < -0.3 is 10.6 Å². The van der Waals surface area contributed by atoms with Gasteiger partial charge in [-0.3, -0.25) is 4.99 Å². The van der Waals surface area contributed by atoms with Gasteiger partial charge in [-0.15, -0.1) is 11.3 Å². The van der Waals surface area contributed by atoms with Gasteiger partial charge in [-0.05, 0) is 19.1 Å². The minimum absolute atomic E-state index is 0.132. The standard InChI is InChI=1S/C13H14N4S/c1-9-2-4-10(5-3-9)17-11(8-16-13(17)14)12-15-6-7-18-12/h2-7,11H,8H2,1H3,(H2,14,16). The third kappa shape index (κ3) is 1.86. The molecule has 0 saturated carbocycles. The molecule has 0 fully saturated rings. The molecule has 0 radical (unpaired) electrons. The highest BCUT2D eigenvalue weighted by molar-refractivity contribution is 7.09. The molecule has 1 aromatic heterocycles. The second-order valence-electron chi connectivity index (χ2n) is 4.29. The molecule has 2 N–H and O–H groups in total. The van der Waals surface area contributed by atoms with Gasteiger partial charge in [0.15, 0.2) is 5.96 Å². The third-order valence-corrected chi connectivity index (χ3v) is 3.91. The van der Waals surface area contributed by atoms with Crippen molar-refractivity contribution in [2.24, 2.45) is 10.7 Å². The van der Waals surface area contributed by atoms with Gasteiger partial charge >= 0.3 is 0 Å². The molecule has 0 aliphatic carbocycles. The van der Waals surface area contributed by atoms with Crippen molar-refractivity contribution in [3.63, 3.8) is 0 Å². The molecule has 5 heteroatoms. The van der Waals surface area contributed by atoms with Gasteiger partial charge in [0.2, 0.25) is 0 Å². The molecular weight excluding hydrogens is 244 g/mol. The van der Waals surface area contributed by atoms with Crippen molar-refractivity contribution >= 4 is 23.0 Å². The van der Waals surface area contributed by atoms with Crippen LogP contribution >= 0.6 is 11.3 Å². The van der Waals surface area contributed by atoms with Crippen LogP contribution in [0.5, 0.6) is 0 Å². The molecule has 3 rings (SSSR count). The third-order valence-electron chi connectivity index (χ3n) is 3.03. The van der Waals surface area contributed by atoms with Crippen LogP contribution in [0.2, 0.25) is 0 Å². The summed E-state index contributed by atoms with van der Waals surface area (Å²) in [5.41, 5.74) is 8.30. The van der Waals surface area contributed by atoms with E-state index in [2.05, 4.69) is 46.1 Å². The van der Waals surface area contributed by atoms with E-state index >= 15 is 0 Å². The smallest absolute Gasteiger partial charge is 0.196 e. The lowest BCUT2D eigenvalue weighted by molar-refractivity contribution is 0.760. The van der Waals surface area contributed by atoms with Gasteiger partial charge in [0.1, 0.15) is 11.0 Å². The molecule has 1 aliphatic rings. The monoisotopic (exact) mass is 258 g/mol. The predicted octanol–water partition coefficient (Wildman–Crippen LogP) is 2.33. The normalized spacial score (nSPS) is 19.1. The quantitative estimate of drug-likeness (QED) is 0.899. The van der Waals surface area contributed by atoms with Crippen molar-refractivity contribution < 1.29 is 0 Å². The number of nitrogens with zero attached hydrogens (tertiary/aromatic N) is 3. The Labute approximate surface area is 110 Å². The van der Waals surface area contributed by atoms with E-state index < -0.39 is 0 Å². The summed E-state index contributed by atoms with van der Waals surface area (Å²) < 4.78 is 0. The zero-order chi connectivity index (χ0) is 12.5. The van der Waals surface area contributed by atoms with E-state index in [-0.39, 0.29) is 6.04 Å². The number of thiazole rings is 1. The molecule has 2 aromatic rings. The number of anilines is 1. The average molecular weight is 258 g/mol. The van der Waals surface area contributed by atoms with E-state index in [0.29, 0.717) is 12.5 Å². The number of hydrogen-bond acceptors (Lipinski definition) is 5. The number of rotatable bonds is 2. The predicted molar refractivity (Wildman–Crippen MR) is 75.0 cm³/mol. The Balaban J connectivity index is 1.97. The second-order valence-corrected chi connectivity index (χ2v) is 5.22. The number of aliphatic imine (C=N–C) groups is 1. The Morgan fingerprint density at radius 2 is 2.11 bits per heavy atom. The maximum absolute atomic E-state index is 6.00. The summed E-state index contributed by atoms with van der Waals surface area (Å²) in [6.07, 6.45) is 1.82. The van der Waals surface area contributed by atoms with Crippen LogP contribution in [0, 0.1) is 6.92 Å². The highest BCUT2D eigenvalue weighted by Gasteiger charge is 2.30. The Morgan fingerprint density at radius 3 is 2.78 bits per heavy atom. The maximum atomic E-state index is 6.00. The van der Waals surface area contributed by atoms with Gasteiger partial charge in [-0.1, -0.05) is 17.7 Å². The van der Waals surface area contributed by atoms with Crippen LogP contribution in [0.15, 0.2) is 40.8 Å². The van der Waals surface area contributed by atoms with E-state index in [4.69, 9.17) is 5.73 Å². The first-order valence-electron chi connectivity index (χ1n) is 5.81. The van der Waals surface area contributed by atoms with Crippen molar-refractivity contribution in [2.45, 2.75) is 13.0 Å². The molecule has 92 valence electrons. The molecular formula is C13H14N4S. The van der Waals surface area contributed by atoms with E-state index in [0.717, 1.165) is 10.7 Å². The molecule has 1 atom stereocenters. The van der Waals surface area contributed by atoms with Crippen LogP contribution in [-0.2, 0) is 0 Å². The summed E-state index contributed by atoms with van der Waals surface area (Å²) in [4.78, 5) is 10.8. The zero-order valence-corrected chi connectivity index (χ0v) is 10.9. The molecule has 0 saturated heterocycles. The van der Waals surface area contributed by atoms with Gasteiger partial charge in [-0.25, -0.2) is 4.98 Å². The largest absolute Gasteiger partial charge is 0.369 e. The number of aromatic nitrogens is 1. The molecule has 0 spiro atoms. The summed E-state index contributed by atoms with van der Waals surface area (Å²) in [5, 5.41) is 3.04. The van der Waals surface area contributed by atoms with Crippen LogP contribution in [0.1, 0.15) is 16.6 Å². The minimum atomic E-state index is 0.132. The van der Waals surface area contributed by atoms with Crippen molar-refractivity contribution in [1.29, 1.82) is 0 Å². The zero-order valence-electron chi connectivity index (χ0n) is 10.1. The van der Waals surface area contributed by atoms with Crippen molar-refractivity contribution in [2.75, 3.05) is 11.4 Å².